The number of amides is 1. The number of rotatable bonds is 8. The van der Waals surface area contributed by atoms with E-state index in [1.165, 1.54) is 0 Å². The highest BCUT2D eigenvalue weighted by molar-refractivity contribution is 5.95. The van der Waals surface area contributed by atoms with Crippen LogP contribution in [0.1, 0.15) is 17.3 Å². The summed E-state index contributed by atoms with van der Waals surface area (Å²) < 4.78 is 17.2. The maximum absolute atomic E-state index is 13.0. The van der Waals surface area contributed by atoms with Crippen molar-refractivity contribution in [2.45, 2.75) is 6.92 Å². The second kappa shape index (κ2) is 10.5. The van der Waals surface area contributed by atoms with E-state index in [2.05, 4.69) is 5.32 Å². The minimum absolute atomic E-state index is 0. The van der Waals surface area contributed by atoms with Gasteiger partial charge < -0.3 is 24.4 Å². The summed E-state index contributed by atoms with van der Waals surface area (Å²) in [6.45, 7) is 6.93. The van der Waals surface area contributed by atoms with Crippen molar-refractivity contribution < 1.29 is 19.0 Å². The zero-order chi connectivity index (χ0) is 20.1. The summed E-state index contributed by atoms with van der Waals surface area (Å²) >= 11 is 0. The number of halogens is 1. The van der Waals surface area contributed by atoms with Gasteiger partial charge in [0.1, 0.15) is 19.0 Å². The van der Waals surface area contributed by atoms with Gasteiger partial charge in [0.05, 0.1) is 6.61 Å². The number of hydrogen-bond donors (Lipinski definition) is 1. The fourth-order valence-electron chi connectivity index (χ4n) is 4.06. The lowest BCUT2D eigenvalue weighted by Crippen LogP contribution is -2.31. The topological polar surface area (TPSA) is 60.0 Å². The Hall–Kier alpha value is -2.44. The molecule has 0 bridgehead atoms. The Balaban J connectivity index is 0.00000256. The molecule has 0 aliphatic carbocycles. The molecule has 162 valence electrons. The summed E-state index contributed by atoms with van der Waals surface area (Å²) in [4.78, 5) is 14.9. The molecule has 2 aliphatic heterocycles. The number of nitrogens with one attached hydrogen (secondary N) is 1. The molecule has 0 aromatic heterocycles. The van der Waals surface area contributed by atoms with Crippen molar-refractivity contribution in [3.8, 4) is 17.2 Å². The molecule has 0 saturated carbocycles. The summed E-state index contributed by atoms with van der Waals surface area (Å²) in [6.07, 6.45) is 0. The summed E-state index contributed by atoms with van der Waals surface area (Å²) in [7, 11) is 0. The van der Waals surface area contributed by atoms with E-state index >= 15 is 0 Å². The lowest BCUT2D eigenvalue weighted by molar-refractivity contribution is 0.0781. The van der Waals surface area contributed by atoms with E-state index in [0.29, 0.717) is 48.7 Å². The van der Waals surface area contributed by atoms with E-state index in [9.17, 15) is 4.79 Å². The Morgan fingerprint density at radius 2 is 1.67 bits per heavy atom. The van der Waals surface area contributed by atoms with Gasteiger partial charge in [0.2, 0.25) is 0 Å². The number of nitrogens with zero attached hydrogens (tertiary/aromatic N) is 1. The second-order valence-electron chi connectivity index (χ2n) is 7.49. The molecule has 0 spiro atoms. The highest BCUT2D eigenvalue weighted by Gasteiger charge is 2.38. The molecule has 0 radical (unpaired) electrons. The average Bonchev–Trinajstić information content (AvgIpc) is 3.35. The van der Waals surface area contributed by atoms with Gasteiger partial charge in [-0.05, 0) is 49.1 Å². The molecule has 6 nitrogen and oxygen atoms in total. The largest absolute Gasteiger partial charge is 0.490 e. The van der Waals surface area contributed by atoms with Crippen molar-refractivity contribution in [2.75, 3.05) is 46.0 Å². The first-order valence-corrected chi connectivity index (χ1v) is 10.3. The summed E-state index contributed by atoms with van der Waals surface area (Å²) in [5.41, 5.74) is 0.647. The van der Waals surface area contributed by atoms with E-state index in [-0.39, 0.29) is 18.3 Å². The molecular weight excluding hydrogens is 404 g/mol. The fraction of sp³-hybridized carbons (Fsp3) is 0.435. The van der Waals surface area contributed by atoms with E-state index in [4.69, 9.17) is 14.2 Å². The third kappa shape index (κ3) is 5.18. The average molecular weight is 433 g/mol. The predicted octanol–water partition coefficient (Wildman–Crippen LogP) is 3.26. The first kappa shape index (κ1) is 22.2. The molecule has 2 fully saturated rings. The van der Waals surface area contributed by atoms with Crippen LogP contribution in [0.3, 0.4) is 0 Å². The van der Waals surface area contributed by atoms with Crippen molar-refractivity contribution in [3.63, 3.8) is 0 Å². The number of fused-ring (bicyclic) bond motifs is 1. The van der Waals surface area contributed by atoms with Gasteiger partial charge in [0, 0.05) is 31.7 Å². The minimum Gasteiger partial charge on any atom is -0.490 e. The Bertz CT molecular complexity index is 821. The number of carbonyl (C=O) groups is 1. The maximum atomic E-state index is 13.0. The van der Waals surface area contributed by atoms with Crippen LogP contribution in [0.15, 0.2) is 48.5 Å². The van der Waals surface area contributed by atoms with Crippen LogP contribution in [0, 0.1) is 11.8 Å². The zero-order valence-corrected chi connectivity index (χ0v) is 18.0. The zero-order valence-electron chi connectivity index (χ0n) is 17.2. The first-order chi connectivity index (χ1) is 14.2. The quantitative estimate of drug-likeness (QED) is 0.649. The monoisotopic (exact) mass is 432 g/mol. The lowest BCUT2D eigenvalue weighted by Gasteiger charge is -2.19. The third-order valence-electron chi connectivity index (χ3n) is 5.52. The summed E-state index contributed by atoms with van der Waals surface area (Å²) in [6, 6.07) is 15.1. The smallest absolute Gasteiger partial charge is 0.254 e. The first-order valence-electron chi connectivity index (χ1n) is 10.3. The van der Waals surface area contributed by atoms with Gasteiger partial charge in [0.15, 0.2) is 11.5 Å². The van der Waals surface area contributed by atoms with Crippen LogP contribution >= 0.6 is 12.4 Å². The van der Waals surface area contributed by atoms with Crippen molar-refractivity contribution in [2.24, 2.45) is 11.8 Å². The molecule has 1 N–H and O–H groups in total. The molecule has 2 aromatic carbocycles. The molecule has 2 heterocycles. The van der Waals surface area contributed by atoms with Crippen LogP contribution in [0.4, 0.5) is 0 Å². The van der Waals surface area contributed by atoms with Crippen LogP contribution in [0.5, 0.6) is 17.2 Å². The SMILES string of the molecule is CCOc1cc(C(=O)N2C[C@H]3CNC[C@H]3C2)ccc1OCCOc1ccccc1.Cl. The number of carbonyl (C=O) groups excluding carboxylic acids is 1. The molecule has 2 aromatic rings. The van der Waals surface area contributed by atoms with Crippen molar-refractivity contribution in [1.82, 2.24) is 10.2 Å². The Morgan fingerprint density at radius 3 is 2.37 bits per heavy atom. The molecular formula is C23H29ClN2O4. The normalized spacial score (nSPS) is 19.7. The molecule has 1 amide bonds. The van der Waals surface area contributed by atoms with E-state index in [0.717, 1.165) is 31.9 Å². The van der Waals surface area contributed by atoms with Gasteiger partial charge in [-0.25, -0.2) is 0 Å². The van der Waals surface area contributed by atoms with Gasteiger partial charge in [-0.2, -0.15) is 0 Å². The highest BCUT2D eigenvalue weighted by atomic mass is 35.5. The Morgan fingerprint density at radius 1 is 0.967 bits per heavy atom. The molecule has 7 heteroatoms. The minimum atomic E-state index is 0. The number of ether oxygens (including phenoxy) is 3. The molecule has 4 rings (SSSR count). The predicted molar refractivity (Wildman–Crippen MR) is 118 cm³/mol. The van der Waals surface area contributed by atoms with Crippen LogP contribution in [0.2, 0.25) is 0 Å². The van der Waals surface area contributed by atoms with Gasteiger partial charge >= 0.3 is 0 Å². The molecule has 2 aliphatic rings. The highest BCUT2D eigenvalue weighted by Crippen LogP contribution is 2.31. The molecule has 2 saturated heterocycles. The number of hydrogen-bond acceptors (Lipinski definition) is 5. The van der Waals surface area contributed by atoms with Crippen molar-refractivity contribution in [3.05, 3.63) is 54.1 Å². The van der Waals surface area contributed by atoms with Gasteiger partial charge in [-0.15, -0.1) is 12.4 Å². The Kier molecular flexibility index (Phi) is 7.82. The van der Waals surface area contributed by atoms with Crippen LogP contribution in [-0.4, -0.2) is 56.8 Å². The number of para-hydroxylation sites is 1. The standard InChI is InChI=1S/C23H28N2O4.ClH/c1-2-27-22-12-17(23(26)25-15-18-13-24-14-19(18)16-25)8-9-21(22)29-11-10-28-20-6-4-3-5-7-20;/h3-9,12,18-19,24H,2,10-11,13-16H2,1H3;1H/t18-,19+;. The van der Waals surface area contributed by atoms with Crippen molar-refractivity contribution in [1.29, 1.82) is 0 Å². The molecule has 30 heavy (non-hydrogen) atoms. The maximum Gasteiger partial charge on any atom is 0.254 e. The van der Waals surface area contributed by atoms with Crippen LogP contribution < -0.4 is 19.5 Å². The van der Waals surface area contributed by atoms with Gasteiger partial charge in [-0.1, -0.05) is 18.2 Å². The van der Waals surface area contributed by atoms with Gasteiger partial charge in [0.25, 0.3) is 5.91 Å². The summed E-state index contributed by atoms with van der Waals surface area (Å²) in [5.74, 6) is 3.27. The lowest BCUT2D eigenvalue weighted by atomic mass is 10.0. The van der Waals surface area contributed by atoms with Crippen LogP contribution in [-0.2, 0) is 0 Å². The van der Waals surface area contributed by atoms with E-state index in [1.54, 1.807) is 6.07 Å². The Labute approximate surface area is 183 Å². The third-order valence-corrected chi connectivity index (χ3v) is 5.52. The van der Waals surface area contributed by atoms with Crippen LogP contribution in [0.25, 0.3) is 0 Å². The number of benzene rings is 2. The summed E-state index contributed by atoms with van der Waals surface area (Å²) in [5, 5.41) is 3.41. The fourth-order valence-corrected chi connectivity index (χ4v) is 4.06. The molecule has 0 unspecified atom stereocenters. The second-order valence-corrected chi connectivity index (χ2v) is 7.49. The molecule has 2 atom stereocenters. The van der Waals surface area contributed by atoms with Crippen molar-refractivity contribution >= 4 is 18.3 Å². The number of likely N-dealkylation sites (tertiary alicyclic amines) is 1. The van der Waals surface area contributed by atoms with Gasteiger partial charge in [-0.3, -0.25) is 4.79 Å². The van der Waals surface area contributed by atoms with E-state index < -0.39 is 0 Å². The van der Waals surface area contributed by atoms with E-state index in [1.807, 2.05) is 54.3 Å².